The summed E-state index contributed by atoms with van der Waals surface area (Å²) < 4.78 is 5.62. The molecule has 122 valence electrons. The highest BCUT2D eigenvalue weighted by molar-refractivity contribution is 5.78. The fourth-order valence-corrected chi connectivity index (χ4v) is 2.87. The lowest BCUT2D eigenvalue weighted by atomic mass is 9.87. The molecule has 0 spiro atoms. The number of aliphatic hydroxyl groups is 1. The minimum atomic E-state index is -0.188. The molecule has 4 heteroatoms. The second kappa shape index (κ2) is 8.79. The molecule has 1 aliphatic carbocycles. The Morgan fingerprint density at radius 1 is 1.36 bits per heavy atom. The number of aliphatic hydroxyl groups excluding tert-OH is 1. The van der Waals surface area contributed by atoms with E-state index in [1.54, 1.807) is 0 Å². The molecular weight excluding hydrogens is 278 g/mol. The van der Waals surface area contributed by atoms with Gasteiger partial charge in [-0.15, -0.1) is 0 Å². The summed E-state index contributed by atoms with van der Waals surface area (Å²) in [6, 6.07) is 9.65. The first-order valence-electron chi connectivity index (χ1n) is 8.28. The van der Waals surface area contributed by atoms with E-state index in [0.29, 0.717) is 25.5 Å². The van der Waals surface area contributed by atoms with Crippen molar-refractivity contribution in [2.45, 2.75) is 45.1 Å². The average molecular weight is 305 g/mol. The summed E-state index contributed by atoms with van der Waals surface area (Å²) in [6.07, 6.45) is 4.38. The second-order valence-electron chi connectivity index (χ2n) is 6.28. The van der Waals surface area contributed by atoms with Gasteiger partial charge in [-0.1, -0.05) is 31.5 Å². The van der Waals surface area contributed by atoms with Gasteiger partial charge in [-0.25, -0.2) is 0 Å². The van der Waals surface area contributed by atoms with E-state index >= 15 is 0 Å². The Bertz CT molecular complexity index is 449. The molecule has 0 aliphatic heterocycles. The molecule has 4 nitrogen and oxygen atoms in total. The van der Waals surface area contributed by atoms with Crippen LogP contribution in [0.4, 0.5) is 0 Å². The van der Waals surface area contributed by atoms with E-state index in [2.05, 4.69) is 5.32 Å². The second-order valence-corrected chi connectivity index (χ2v) is 6.28. The number of hydrogen-bond acceptors (Lipinski definition) is 3. The van der Waals surface area contributed by atoms with Crippen LogP contribution >= 0.6 is 0 Å². The number of carbonyl (C=O) groups is 1. The molecule has 3 atom stereocenters. The summed E-state index contributed by atoms with van der Waals surface area (Å²) in [5, 5.41) is 12.7. The van der Waals surface area contributed by atoms with Crippen LogP contribution in [0.15, 0.2) is 30.3 Å². The number of rotatable bonds is 7. The van der Waals surface area contributed by atoms with Crippen LogP contribution in [0.5, 0.6) is 5.75 Å². The van der Waals surface area contributed by atoms with Crippen molar-refractivity contribution in [3.63, 3.8) is 0 Å². The summed E-state index contributed by atoms with van der Waals surface area (Å²) in [7, 11) is 0. The Hall–Kier alpha value is -1.55. The molecule has 3 unspecified atom stereocenters. The highest BCUT2D eigenvalue weighted by Crippen LogP contribution is 2.23. The monoisotopic (exact) mass is 305 g/mol. The van der Waals surface area contributed by atoms with E-state index in [1.165, 1.54) is 0 Å². The summed E-state index contributed by atoms with van der Waals surface area (Å²) in [5.74, 6) is 1.28. The van der Waals surface area contributed by atoms with Crippen molar-refractivity contribution in [2.24, 2.45) is 11.8 Å². The van der Waals surface area contributed by atoms with Crippen molar-refractivity contribution in [1.82, 2.24) is 5.32 Å². The minimum Gasteiger partial charge on any atom is -0.494 e. The quantitative estimate of drug-likeness (QED) is 0.814. The van der Waals surface area contributed by atoms with Crippen LogP contribution in [-0.4, -0.2) is 30.3 Å². The minimum absolute atomic E-state index is 0.0581. The molecule has 1 aromatic carbocycles. The zero-order chi connectivity index (χ0) is 15.8. The lowest BCUT2D eigenvalue weighted by Gasteiger charge is -2.26. The van der Waals surface area contributed by atoms with E-state index in [-0.39, 0.29) is 17.9 Å². The lowest BCUT2D eigenvalue weighted by molar-refractivity contribution is -0.125. The first-order chi connectivity index (χ1) is 10.6. The number of amides is 1. The molecular formula is C18H27NO3. The fraction of sp³-hybridized carbons (Fsp3) is 0.611. The van der Waals surface area contributed by atoms with Crippen molar-refractivity contribution < 1.29 is 14.6 Å². The van der Waals surface area contributed by atoms with E-state index in [0.717, 1.165) is 31.4 Å². The number of nitrogens with one attached hydrogen (secondary N) is 1. The highest BCUT2D eigenvalue weighted by atomic mass is 16.5. The molecule has 1 amide bonds. The van der Waals surface area contributed by atoms with E-state index in [9.17, 15) is 9.90 Å². The molecule has 2 rings (SSSR count). The summed E-state index contributed by atoms with van der Waals surface area (Å²) in [5.41, 5.74) is 0. The Balaban J connectivity index is 1.62. The van der Waals surface area contributed by atoms with Crippen LogP contribution < -0.4 is 10.1 Å². The van der Waals surface area contributed by atoms with Gasteiger partial charge in [-0.3, -0.25) is 4.79 Å². The predicted octanol–water partition coefficient (Wildman–Crippen LogP) is 2.76. The van der Waals surface area contributed by atoms with E-state index < -0.39 is 0 Å². The van der Waals surface area contributed by atoms with E-state index in [1.807, 2.05) is 37.3 Å². The average Bonchev–Trinajstić information content (AvgIpc) is 2.53. The van der Waals surface area contributed by atoms with Gasteiger partial charge in [0.15, 0.2) is 0 Å². The van der Waals surface area contributed by atoms with Crippen LogP contribution in [0, 0.1) is 11.8 Å². The molecule has 1 saturated carbocycles. The number of carbonyl (C=O) groups excluding carboxylic acids is 1. The Morgan fingerprint density at radius 3 is 2.86 bits per heavy atom. The predicted molar refractivity (Wildman–Crippen MR) is 86.7 cm³/mol. The van der Waals surface area contributed by atoms with Gasteiger partial charge in [-0.05, 0) is 43.7 Å². The van der Waals surface area contributed by atoms with Crippen molar-refractivity contribution in [3.8, 4) is 5.75 Å². The standard InChI is InChI=1S/C18H27NO3/c1-14(10-11-22-17-8-3-2-4-9-17)18(21)19-13-15-6-5-7-16(20)12-15/h2-4,8-9,14-16,20H,5-7,10-13H2,1H3,(H,19,21). The topological polar surface area (TPSA) is 58.6 Å². The molecule has 0 radical (unpaired) electrons. The molecule has 1 fully saturated rings. The largest absolute Gasteiger partial charge is 0.494 e. The third kappa shape index (κ3) is 5.68. The van der Waals surface area contributed by atoms with Crippen molar-refractivity contribution in [2.75, 3.05) is 13.2 Å². The van der Waals surface area contributed by atoms with Gasteiger partial charge in [0.05, 0.1) is 12.7 Å². The zero-order valence-electron chi connectivity index (χ0n) is 13.3. The molecule has 0 aromatic heterocycles. The van der Waals surface area contributed by atoms with Gasteiger partial charge in [-0.2, -0.15) is 0 Å². The van der Waals surface area contributed by atoms with Crippen molar-refractivity contribution in [1.29, 1.82) is 0 Å². The number of hydrogen-bond donors (Lipinski definition) is 2. The zero-order valence-corrected chi connectivity index (χ0v) is 13.3. The maximum absolute atomic E-state index is 12.1. The molecule has 2 N–H and O–H groups in total. The van der Waals surface area contributed by atoms with Gasteiger partial charge in [0.1, 0.15) is 5.75 Å². The Kier molecular flexibility index (Phi) is 6.72. The first-order valence-corrected chi connectivity index (χ1v) is 8.28. The van der Waals surface area contributed by atoms with Crippen LogP contribution in [0.3, 0.4) is 0 Å². The summed E-state index contributed by atoms with van der Waals surface area (Å²) >= 11 is 0. The fourth-order valence-electron chi connectivity index (χ4n) is 2.87. The maximum atomic E-state index is 12.1. The lowest BCUT2D eigenvalue weighted by Crippen LogP contribution is -2.36. The summed E-state index contributed by atoms with van der Waals surface area (Å²) in [4.78, 5) is 12.1. The SMILES string of the molecule is CC(CCOc1ccccc1)C(=O)NCC1CCCC(O)C1. The molecule has 1 aromatic rings. The van der Waals surface area contributed by atoms with Crippen LogP contribution in [-0.2, 0) is 4.79 Å². The Morgan fingerprint density at radius 2 is 2.14 bits per heavy atom. The number of para-hydroxylation sites is 1. The highest BCUT2D eigenvalue weighted by Gasteiger charge is 2.21. The van der Waals surface area contributed by atoms with Gasteiger partial charge < -0.3 is 15.2 Å². The third-order valence-corrected chi connectivity index (χ3v) is 4.33. The molecule has 0 bridgehead atoms. The smallest absolute Gasteiger partial charge is 0.222 e. The van der Waals surface area contributed by atoms with Crippen LogP contribution in [0.2, 0.25) is 0 Å². The van der Waals surface area contributed by atoms with Gasteiger partial charge in [0, 0.05) is 12.5 Å². The van der Waals surface area contributed by atoms with Crippen LogP contribution in [0.1, 0.15) is 39.0 Å². The third-order valence-electron chi connectivity index (χ3n) is 4.33. The maximum Gasteiger partial charge on any atom is 0.222 e. The van der Waals surface area contributed by atoms with Gasteiger partial charge in [0.2, 0.25) is 5.91 Å². The van der Waals surface area contributed by atoms with Crippen molar-refractivity contribution in [3.05, 3.63) is 30.3 Å². The summed E-state index contributed by atoms with van der Waals surface area (Å²) in [6.45, 7) is 3.15. The molecule has 0 saturated heterocycles. The van der Waals surface area contributed by atoms with E-state index in [4.69, 9.17) is 4.74 Å². The van der Waals surface area contributed by atoms with Gasteiger partial charge >= 0.3 is 0 Å². The number of ether oxygens (including phenoxy) is 1. The normalized spacial score (nSPS) is 22.8. The van der Waals surface area contributed by atoms with Crippen molar-refractivity contribution >= 4 is 5.91 Å². The Labute approximate surface area is 132 Å². The van der Waals surface area contributed by atoms with Crippen LogP contribution in [0.25, 0.3) is 0 Å². The number of benzene rings is 1. The molecule has 22 heavy (non-hydrogen) atoms. The molecule has 1 aliphatic rings. The molecule has 0 heterocycles. The van der Waals surface area contributed by atoms with Gasteiger partial charge in [0.25, 0.3) is 0 Å². The first kappa shape index (κ1) is 16.8.